The average Bonchev–Trinajstić information content (AvgIpc) is 2.41. The third-order valence-corrected chi connectivity index (χ3v) is 1.41. The van der Waals surface area contributed by atoms with Gasteiger partial charge in [-0.1, -0.05) is 19.8 Å². The summed E-state index contributed by atoms with van der Waals surface area (Å²) in [6, 6.07) is 0. The van der Waals surface area contributed by atoms with Crippen molar-refractivity contribution >= 4 is 5.84 Å². The van der Waals surface area contributed by atoms with E-state index >= 15 is 0 Å². The van der Waals surface area contributed by atoms with Gasteiger partial charge in [0.05, 0.1) is 5.10 Å². The van der Waals surface area contributed by atoms with Crippen LogP contribution >= 0.6 is 0 Å². The maximum absolute atomic E-state index is 3.77. The zero-order valence-corrected chi connectivity index (χ0v) is 6.17. The van der Waals surface area contributed by atoms with Gasteiger partial charge < -0.3 is 0 Å². The lowest BCUT2D eigenvalue weighted by molar-refractivity contribution is 0.726. The Kier molecular flexibility index (Phi) is 2.86. The van der Waals surface area contributed by atoms with Crippen LogP contribution in [0, 0.1) is 0 Å². The van der Waals surface area contributed by atoms with Gasteiger partial charge in [0, 0.05) is 6.42 Å². The van der Waals surface area contributed by atoms with Crippen LogP contribution in [0.3, 0.4) is 0 Å². The van der Waals surface area contributed by atoms with Gasteiger partial charge in [-0.25, -0.2) is 0 Å². The molecular weight excluding hydrogens is 128 g/mol. The van der Waals surface area contributed by atoms with Crippen LogP contribution in [0.5, 0.6) is 0 Å². The van der Waals surface area contributed by atoms with E-state index in [-0.39, 0.29) is 0 Å². The van der Waals surface area contributed by atoms with E-state index in [0.717, 1.165) is 12.3 Å². The molecule has 0 aromatic carbocycles. The molecule has 0 aromatic rings. The largest absolute Gasteiger partial charge is 0.285 e. The van der Waals surface area contributed by atoms with E-state index < -0.39 is 0 Å². The molecule has 0 aliphatic carbocycles. The van der Waals surface area contributed by atoms with E-state index in [1.807, 2.05) is 0 Å². The van der Waals surface area contributed by atoms with E-state index in [0.29, 0.717) is 0 Å². The number of amidine groups is 1. The second kappa shape index (κ2) is 3.98. The summed E-state index contributed by atoms with van der Waals surface area (Å²) in [5.41, 5.74) is 2.72. The van der Waals surface area contributed by atoms with Crippen LogP contribution in [0.2, 0.25) is 0 Å². The van der Waals surface area contributed by atoms with Crippen molar-refractivity contribution in [3.05, 3.63) is 0 Å². The van der Waals surface area contributed by atoms with Gasteiger partial charge in [-0.05, 0) is 6.42 Å². The minimum absolute atomic E-state index is 0.897. The van der Waals surface area contributed by atoms with E-state index in [2.05, 4.69) is 27.9 Å². The molecule has 0 bridgehead atoms. The molecule has 1 aliphatic heterocycles. The molecule has 0 saturated carbocycles. The molecule has 0 fully saturated rings. The molecular formula is C6H12N4+. The summed E-state index contributed by atoms with van der Waals surface area (Å²) >= 11 is 0. The fourth-order valence-electron chi connectivity index (χ4n) is 0.827. The van der Waals surface area contributed by atoms with Crippen molar-refractivity contribution in [3.8, 4) is 0 Å². The SMILES string of the molecule is CCCCCC1=NN=[N+]N1. The summed E-state index contributed by atoms with van der Waals surface area (Å²) in [5, 5.41) is 10.7. The maximum Gasteiger partial charge on any atom is 0.285 e. The van der Waals surface area contributed by atoms with Crippen molar-refractivity contribution < 1.29 is 0 Å². The molecule has 0 aromatic heterocycles. The van der Waals surface area contributed by atoms with Crippen LogP contribution < -0.4 is 10.6 Å². The van der Waals surface area contributed by atoms with Gasteiger partial charge in [-0.3, -0.25) is 0 Å². The van der Waals surface area contributed by atoms with Crippen LogP contribution in [0.25, 0.3) is 0 Å². The Labute approximate surface area is 60.4 Å². The molecule has 0 atom stereocenters. The number of nitrogens with zero attached hydrogens (tertiary/aromatic N) is 3. The lowest BCUT2D eigenvalue weighted by Crippen LogP contribution is -2.19. The highest BCUT2D eigenvalue weighted by atomic mass is 15.6. The van der Waals surface area contributed by atoms with Crippen LogP contribution in [0.4, 0.5) is 0 Å². The number of unbranched alkanes of at least 4 members (excludes halogenated alkanes) is 2. The van der Waals surface area contributed by atoms with Gasteiger partial charge in [0.15, 0.2) is 5.22 Å². The second-order valence-electron chi connectivity index (χ2n) is 2.31. The molecule has 0 unspecified atom stereocenters. The third kappa shape index (κ3) is 2.13. The summed E-state index contributed by atoms with van der Waals surface area (Å²) in [5.74, 6) is 0.897. The molecule has 4 heteroatoms. The first kappa shape index (κ1) is 7.18. The standard InChI is InChI=1S/C6H12N4/c1-2-3-4-5-6-7-9-10-8-6/h2-5H2,1H3,(H,7,8,9)/q+1. The highest BCUT2D eigenvalue weighted by Gasteiger charge is 2.12. The average molecular weight is 140 g/mol. The van der Waals surface area contributed by atoms with Gasteiger partial charge in [0.25, 0.3) is 5.84 Å². The van der Waals surface area contributed by atoms with Gasteiger partial charge in [-0.15, -0.1) is 5.43 Å². The fraction of sp³-hybridized carbons (Fsp3) is 0.833. The molecule has 1 heterocycles. The fourth-order valence-corrected chi connectivity index (χ4v) is 0.827. The van der Waals surface area contributed by atoms with E-state index in [1.54, 1.807) is 0 Å². The molecule has 0 saturated heterocycles. The second-order valence-corrected chi connectivity index (χ2v) is 2.31. The van der Waals surface area contributed by atoms with Crippen molar-refractivity contribution in [2.75, 3.05) is 0 Å². The van der Waals surface area contributed by atoms with Gasteiger partial charge in [-0.2, -0.15) is 0 Å². The Morgan fingerprint density at radius 2 is 2.40 bits per heavy atom. The molecule has 0 spiro atoms. The highest BCUT2D eigenvalue weighted by molar-refractivity contribution is 5.81. The Hall–Kier alpha value is -0.930. The summed E-state index contributed by atoms with van der Waals surface area (Å²) in [4.78, 5) is 0. The Morgan fingerprint density at radius 1 is 1.50 bits per heavy atom. The number of hydrogen-bond acceptors (Lipinski definition) is 4. The van der Waals surface area contributed by atoms with E-state index in [4.69, 9.17) is 0 Å². The van der Waals surface area contributed by atoms with Crippen LogP contribution in [-0.2, 0) is 0 Å². The monoisotopic (exact) mass is 140 g/mol. The molecule has 0 amide bonds. The van der Waals surface area contributed by atoms with Crippen molar-refractivity contribution in [1.29, 1.82) is 0 Å². The minimum atomic E-state index is 0.897. The summed E-state index contributed by atoms with van der Waals surface area (Å²) in [7, 11) is 0. The minimum Gasteiger partial charge on any atom is -0.122 e. The summed E-state index contributed by atoms with van der Waals surface area (Å²) < 4.78 is 0. The first-order valence-corrected chi connectivity index (χ1v) is 3.66. The highest BCUT2D eigenvalue weighted by Crippen LogP contribution is 2.00. The van der Waals surface area contributed by atoms with Crippen molar-refractivity contribution in [2.24, 2.45) is 10.3 Å². The lowest BCUT2D eigenvalue weighted by Gasteiger charge is -1.90. The maximum atomic E-state index is 3.77. The third-order valence-electron chi connectivity index (χ3n) is 1.41. The van der Waals surface area contributed by atoms with E-state index in [1.165, 1.54) is 19.3 Å². The number of hydrogen-bond donors (Lipinski definition) is 1. The topological polar surface area (TPSA) is 50.9 Å². The first-order chi connectivity index (χ1) is 4.93. The summed E-state index contributed by atoms with van der Waals surface area (Å²) in [6.07, 6.45) is 4.64. The lowest BCUT2D eigenvalue weighted by atomic mass is 10.2. The Balaban J connectivity index is 2.04. The number of nitrogens with one attached hydrogen (secondary N) is 1. The zero-order valence-electron chi connectivity index (χ0n) is 6.17. The number of rotatable bonds is 4. The summed E-state index contributed by atoms with van der Waals surface area (Å²) in [6.45, 7) is 2.18. The molecule has 1 rings (SSSR count). The van der Waals surface area contributed by atoms with Crippen LogP contribution in [0.15, 0.2) is 10.3 Å². The van der Waals surface area contributed by atoms with Crippen molar-refractivity contribution in [1.82, 2.24) is 10.6 Å². The van der Waals surface area contributed by atoms with Crippen LogP contribution in [-0.4, -0.2) is 5.84 Å². The molecule has 1 aliphatic rings. The molecule has 4 nitrogen and oxygen atoms in total. The van der Waals surface area contributed by atoms with Gasteiger partial charge >= 0.3 is 0 Å². The van der Waals surface area contributed by atoms with Crippen LogP contribution in [0.1, 0.15) is 32.6 Å². The Morgan fingerprint density at radius 3 is 3.00 bits per heavy atom. The van der Waals surface area contributed by atoms with Crippen molar-refractivity contribution in [2.45, 2.75) is 32.6 Å². The normalized spacial score (nSPS) is 15.1. The quantitative estimate of drug-likeness (QED) is 0.586. The van der Waals surface area contributed by atoms with Gasteiger partial charge in [0.2, 0.25) is 5.22 Å². The predicted molar refractivity (Wildman–Crippen MR) is 39.3 cm³/mol. The molecule has 10 heavy (non-hydrogen) atoms. The predicted octanol–water partition coefficient (Wildman–Crippen LogP) is 1.19. The zero-order chi connectivity index (χ0) is 7.23. The van der Waals surface area contributed by atoms with Gasteiger partial charge in [0.1, 0.15) is 0 Å². The van der Waals surface area contributed by atoms with Crippen molar-refractivity contribution in [3.63, 3.8) is 0 Å². The molecule has 55 valence electrons. The smallest absolute Gasteiger partial charge is 0.122 e. The first-order valence-electron chi connectivity index (χ1n) is 3.66. The molecule has 1 radical (unpaired) electrons. The molecule has 1 N–H and O–H groups in total. The van der Waals surface area contributed by atoms with E-state index in [9.17, 15) is 0 Å². The Bertz CT molecular complexity index is 150.